The van der Waals surface area contributed by atoms with Crippen molar-refractivity contribution in [2.45, 2.75) is 12.8 Å². The molecular formula is C11H13NO3S. The first-order valence-electron chi connectivity index (χ1n) is 5.14. The van der Waals surface area contributed by atoms with Crippen molar-refractivity contribution in [3.63, 3.8) is 0 Å². The van der Waals surface area contributed by atoms with Gasteiger partial charge in [-0.25, -0.2) is 0 Å². The van der Waals surface area contributed by atoms with Gasteiger partial charge in [0.15, 0.2) is 5.75 Å². The van der Waals surface area contributed by atoms with Crippen LogP contribution in [0.25, 0.3) is 0 Å². The molecular weight excluding hydrogens is 226 g/mol. The Bertz CT molecular complexity index is 404. The van der Waals surface area contributed by atoms with Crippen molar-refractivity contribution in [3.8, 4) is 5.75 Å². The van der Waals surface area contributed by atoms with Gasteiger partial charge in [0.05, 0.1) is 11.5 Å². The lowest BCUT2D eigenvalue weighted by Crippen LogP contribution is -2.15. The van der Waals surface area contributed by atoms with Gasteiger partial charge in [0.1, 0.15) is 0 Å². The fourth-order valence-corrected chi connectivity index (χ4v) is 1.89. The Hall–Kier alpha value is -1.23. The van der Waals surface area contributed by atoms with E-state index in [0.717, 1.165) is 18.6 Å². The van der Waals surface area contributed by atoms with E-state index in [9.17, 15) is 10.1 Å². The monoisotopic (exact) mass is 239 g/mol. The molecule has 5 heteroatoms. The van der Waals surface area contributed by atoms with Crippen LogP contribution in [0.5, 0.6) is 5.75 Å². The van der Waals surface area contributed by atoms with Crippen LogP contribution in [0.2, 0.25) is 0 Å². The largest absolute Gasteiger partial charge is 0.486 e. The number of nitro groups is 1. The minimum atomic E-state index is -0.421. The van der Waals surface area contributed by atoms with E-state index in [0.29, 0.717) is 12.4 Å². The average Bonchev–Trinajstić information content (AvgIpc) is 3.07. The highest BCUT2D eigenvalue weighted by Crippen LogP contribution is 2.47. The molecule has 0 atom stereocenters. The summed E-state index contributed by atoms with van der Waals surface area (Å²) in [5.41, 5.74) is 0.171. The number of hydrogen-bond donors (Lipinski definition) is 1. The van der Waals surface area contributed by atoms with Gasteiger partial charge in [0, 0.05) is 11.5 Å². The van der Waals surface area contributed by atoms with Crippen LogP contribution in [0, 0.1) is 15.5 Å². The molecule has 1 aromatic rings. The summed E-state index contributed by atoms with van der Waals surface area (Å²) in [6, 6.07) is 6.46. The molecule has 1 aromatic carbocycles. The Kier molecular flexibility index (Phi) is 3.05. The predicted molar refractivity (Wildman–Crippen MR) is 64.1 cm³/mol. The first-order valence-corrected chi connectivity index (χ1v) is 5.77. The summed E-state index contributed by atoms with van der Waals surface area (Å²) in [6.45, 7) is 0.515. The van der Waals surface area contributed by atoms with E-state index in [1.165, 1.54) is 6.07 Å². The molecule has 4 nitrogen and oxygen atoms in total. The smallest absolute Gasteiger partial charge is 0.310 e. The molecule has 1 aliphatic carbocycles. The van der Waals surface area contributed by atoms with Crippen molar-refractivity contribution in [3.05, 3.63) is 34.4 Å². The third kappa shape index (κ3) is 2.29. The van der Waals surface area contributed by atoms with Crippen LogP contribution in [0.1, 0.15) is 12.8 Å². The van der Waals surface area contributed by atoms with Crippen LogP contribution < -0.4 is 4.74 Å². The summed E-state index contributed by atoms with van der Waals surface area (Å²) in [7, 11) is 0. The van der Waals surface area contributed by atoms with Gasteiger partial charge in [0.2, 0.25) is 0 Å². The van der Waals surface area contributed by atoms with E-state index >= 15 is 0 Å². The Morgan fingerprint density at radius 1 is 1.44 bits per heavy atom. The zero-order chi connectivity index (χ0) is 11.6. The van der Waals surface area contributed by atoms with Crippen molar-refractivity contribution in [1.82, 2.24) is 0 Å². The van der Waals surface area contributed by atoms with E-state index in [4.69, 9.17) is 4.74 Å². The Balaban J connectivity index is 2.06. The van der Waals surface area contributed by atoms with E-state index in [1.54, 1.807) is 18.2 Å². The van der Waals surface area contributed by atoms with Crippen molar-refractivity contribution in [2.75, 3.05) is 12.4 Å². The standard InChI is InChI=1S/C11H13NO3S/c13-12(14)9-3-1-2-4-10(9)15-7-11(8-16)5-6-11/h1-4,16H,5-8H2. The number of thiol groups is 1. The zero-order valence-corrected chi connectivity index (χ0v) is 9.65. The second-order valence-electron chi connectivity index (χ2n) is 4.17. The molecule has 0 unspecified atom stereocenters. The predicted octanol–water partition coefficient (Wildman–Crippen LogP) is 2.68. The molecule has 2 rings (SSSR count). The Morgan fingerprint density at radius 2 is 2.12 bits per heavy atom. The lowest BCUT2D eigenvalue weighted by molar-refractivity contribution is -0.385. The molecule has 0 N–H and O–H groups in total. The van der Waals surface area contributed by atoms with Crippen molar-refractivity contribution < 1.29 is 9.66 Å². The molecule has 1 saturated carbocycles. The number of para-hydroxylation sites is 2. The van der Waals surface area contributed by atoms with Gasteiger partial charge in [-0.1, -0.05) is 12.1 Å². The normalized spacial score (nSPS) is 16.8. The minimum absolute atomic E-state index is 0.0254. The van der Waals surface area contributed by atoms with Gasteiger partial charge in [-0.3, -0.25) is 10.1 Å². The third-order valence-corrected chi connectivity index (χ3v) is 3.56. The molecule has 0 heterocycles. The lowest BCUT2D eigenvalue weighted by Gasteiger charge is -2.13. The highest BCUT2D eigenvalue weighted by Gasteiger charge is 2.42. The molecule has 0 amide bonds. The summed E-state index contributed by atoms with van der Waals surface area (Å²) in [6.07, 6.45) is 2.19. The van der Waals surface area contributed by atoms with E-state index in [1.807, 2.05) is 0 Å². The molecule has 1 fully saturated rings. The summed E-state index contributed by atoms with van der Waals surface area (Å²) < 4.78 is 5.53. The topological polar surface area (TPSA) is 52.4 Å². The maximum Gasteiger partial charge on any atom is 0.310 e. The quantitative estimate of drug-likeness (QED) is 0.488. The summed E-state index contributed by atoms with van der Waals surface area (Å²) in [4.78, 5) is 10.3. The van der Waals surface area contributed by atoms with Crippen LogP contribution >= 0.6 is 12.6 Å². The molecule has 0 spiro atoms. The number of ether oxygens (including phenoxy) is 1. The first-order chi connectivity index (χ1) is 7.67. The number of nitrogens with zero attached hydrogens (tertiary/aromatic N) is 1. The SMILES string of the molecule is O=[N+]([O-])c1ccccc1OCC1(CS)CC1. The van der Waals surface area contributed by atoms with Gasteiger partial charge in [-0.15, -0.1) is 0 Å². The molecule has 0 aliphatic heterocycles. The second kappa shape index (κ2) is 4.33. The molecule has 0 bridgehead atoms. The third-order valence-electron chi connectivity index (χ3n) is 2.89. The van der Waals surface area contributed by atoms with Crippen molar-refractivity contribution in [2.24, 2.45) is 5.41 Å². The van der Waals surface area contributed by atoms with Crippen LogP contribution in [-0.4, -0.2) is 17.3 Å². The van der Waals surface area contributed by atoms with Crippen molar-refractivity contribution in [1.29, 1.82) is 0 Å². The first kappa shape index (κ1) is 11.3. The maximum absolute atomic E-state index is 10.7. The Labute approximate surface area is 99.2 Å². The molecule has 0 saturated heterocycles. The van der Waals surface area contributed by atoms with Crippen LogP contribution in [0.4, 0.5) is 5.69 Å². The number of benzene rings is 1. The number of nitro benzene ring substituents is 1. The zero-order valence-electron chi connectivity index (χ0n) is 8.76. The number of rotatable bonds is 5. The molecule has 0 aromatic heterocycles. The fraction of sp³-hybridized carbons (Fsp3) is 0.455. The highest BCUT2D eigenvalue weighted by molar-refractivity contribution is 7.80. The van der Waals surface area contributed by atoms with E-state index < -0.39 is 4.92 Å². The lowest BCUT2D eigenvalue weighted by atomic mass is 10.2. The molecule has 0 radical (unpaired) electrons. The van der Waals surface area contributed by atoms with Crippen LogP contribution in [-0.2, 0) is 0 Å². The van der Waals surface area contributed by atoms with Gasteiger partial charge in [-0.2, -0.15) is 12.6 Å². The fourth-order valence-electron chi connectivity index (χ4n) is 1.49. The second-order valence-corrected chi connectivity index (χ2v) is 4.49. The summed E-state index contributed by atoms with van der Waals surface area (Å²) >= 11 is 4.26. The summed E-state index contributed by atoms with van der Waals surface area (Å²) in [5, 5.41) is 10.7. The summed E-state index contributed by atoms with van der Waals surface area (Å²) in [5.74, 6) is 1.12. The average molecular weight is 239 g/mol. The van der Waals surface area contributed by atoms with E-state index in [2.05, 4.69) is 12.6 Å². The Morgan fingerprint density at radius 3 is 2.69 bits per heavy atom. The molecule has 86 valence electrons. The minimum Gasteiger partial charge on any atom is -0.486 e. The van der Waals surface area contributed by atoms with E-state index in [-0.39, 0.29) is 11.1 Å². The highest BCUT2D eigenvalue weighted by atomic mass is 32.1. The number of hydrogen-bond acceptors (Lipinski definition) is 4. The van der Waals surface area contributed by atoms with Crippen molar-refractivity contribution >= 4 is 18.3 Å². The van der Waals surface area contributed by atoms with Gasteiger partial charge >= 0.3 is 5.69 Å². The van der Waals surface area contributed by atoms with Crippen LogP contribution in [0.3, 0.4) is 0 Å². The maximum atomic E-state index is 10.7. The van der Waals surface area contributed by atoms with Gasteiger partial charge in [-0.05, 0) is 24.7 Å². The molecule has 1 aliphatic rings. The van der Waals surface area contributed by atoms with Gasteiger partial charge in [0.25, 0.3) is 0 Å². The van der Waals surface area contributed by atoms with Crippen LogP contribution in [0.15, 0.2) is 24.3 Å². The molecule has 16 heavy (non-hydrogen) atoms. The van der Waals surface area contributed by atoms with Gasteiger partial charge < -0.3 is 4.74 Å².